The highest BCUT2D eigenvalue weighted by molar-refractivity contribution is 5.43. The lowest BCUT2D eigenvalue weighted by Crippen LogP contribution is -2.01. The molecule has 12 heavy (non-hydrogen) atoms. The summed E-state index contributed by atoms with van der Waals surface area (Å²) in [5, 5.41) is 4.11. The molecule has 0 bridgehead atoms. The van der Waals surface area contributed by atoms with Crippen LogP contribution in [-0.2, 0) is 0 Å². The van der Waals surface area contributed by atoms with Crippen molar-refractivity contribution in [2.75, 3.05) is 0 Å². The van der Waals surface area contributed by atoms with Crippen LogP contribution in [-0.4, -0.2) is 19.6 Å². The van der Waals surface area contributed by atoms with Crippen LogP contribution in [0.25, 0.3) is 5.65 Å². The van der Waals surface area contributed by atoms with Crippen molar-refractivity contribution in [1.82, 2.24) is 19.6 Å². The van der Waals surface area contributed by atoms with Crippen LogP contribution >= 0.6 is 0 Å². The molecule has 0 aliphatic carbocycles. The molecule has 4 heteroatoms. The molecule has 0 spiro atoms. The van der Waals surface area contributed by atoms with E-state index in [0.717, 1.165) is 22.7 Å². The van der Waals surface area contributed by atoms with Crippen LogP contribution < -0.4 is 0 Å². The van der Waals surface area contributed by atoms with Crippen molar-refractivity contribution >= 4 is 5.65 Å². The quantitative estimate of drug-likeness (QED) is 0.581. The van der Waals surface area contributed by atoms with Gasteiger partial charge in [-0.1, -0.05) is 0 Å². The van der Waals surface area contributed by atoms with Crippen molar-refractivity contribution < 1.29 is 0 Å². The molecule has 0 aliphatic rings. The molecule has 0 fully saturated rings. The van der Waals surface area contributed by atoms with Gasteiger partial charge in [-0.15, -0.1) is 0 Å². The Hall–Kier alpha value is -1.45. The third kappa shape index (κ3) is 0.809. The molecule has 4 nitrogen and oxygen atoms in total. The van der Waals surface area contributed by atoms with E-state index >= 15 is 0 Å². The van der Waals surface area contributed by atoms with Crippen molar-refractivity contribution in [1.29, 1.82) is 0 Å². The van der Waals surface area contributed by atoms with Gasteiger partial charge in [0.2, 0.25) is 0 Å². The Morgan fingerprint density at radius 3 is 2.67 bits per heavy atom. The summed E-state index contributed by atoms with van der Waals surface area (Å²) in [6.07, 6.45) is 1.55. The predicted molar refractivity (Wildman–Crippen MR) is 45.0 cm³/mol. The average Bonchev–Trinajstić information content (AvgIpc) is 2.48. The highest BCUT2D eigenvalue weighted by atomic mass is 15.3. The Kier molecular flexibility index (Phi) is 1.36. The molecule has 2 aromatic heterocycles. The van der Waals surface area contributed by atoms with Crippen LogP contribution in [0.3, 0.4) is 0 Å². The number of fused-ring (bicyclic) bond motifs is 1. The molecule has 0 aromatic carbocycles. The molecule has 0 atom stereocenters. The molecule has 2 aromatic rings. The van der Waals surface area contributed by atoms with E-state index in [9.17, 15) is 0 Å². The lowest BCUT2D eigenvalue weighted by atomic mass is 10.3. The fourth-order valence-corrected chi connectivity index (χ4v) is 1.27. The number of aromatic nitrogens is 4. The van der Waals surface area contributed by atoms with E-state index in [-0.39, 0.29) is 0 Å². The van der Waals surface area contributed by atoms with Crippen LogP contribution in [0.4, 0.5) is 0 Å². The minimum atomic E-state index is 0.845. The maximum Gasteiger partial charge on any atom is 0.176 e. The molecule has 0 N–H and O–H groups in total. The summed E-state index contributed by atoms with van der Waals surface area (Å²) in [6.45, 7) is 5.91. The van der Waals surface area contributed by atoms with Crippen LogP contribution in [0, 0.1) is 20.8 Å². The number of rotatable bonds is 0. The third-order valence-corrected chi connectivity index (χ3v) is 2.05. The fraction of sp³-hybridized carbons (Fsp3) is 0.375. The van der Waals surface area contributed by atoms with E-state index in [2.05, 4.69) is 15.1 Å². The maximum atomic E-state index is 4.35. The second kappa shape index (κ2) is 2.27. The highest BCUT2D eigenvalue weighted by Crippen LogP contribution is 2.08. The van der Waals surface area contributed by atoms with E-state index < -0.39 is 0 Å². The zero-order valence-electron chi connectivity index (χ0n) is 7.37. The molecule has 0 unspecified atom stereocenters. The van der Waals surface area contributed by atoms with E-state index in [4.69, 9.17) is 0 Å². The molecule has 2 rings (SSSR count). The summed E-state index contributed by atoms with van der Waals surface area (Å²) in [5.74, 6) is 0. The lowest BCUT2D eigenvalue weighted by Gasteiger charge is -2.03. The molecule has 0 radical (unpaired) electrons. The Morgan fingerprint density at radius 2 is 1.92 bits per heavy atom. The summed E-state index contributed by atoms with van der Waals surface area (Å²) in [7, 11) is 0. The van der Waals surface area contributed by atoms with Gasteiger partial charge in [-0.25, -0.2) is 9.50 Å². The van der Waals surface area contributed by atoms with Crippen LogP contribution in [0.2, 0.25) is 0 Å². The van der Waals surface area contributed by atoms with E-state index in [0.29, 0.717) is 0 Å². The van der Waals surface area contributed by atoms with Crippen molar-refractivity contribution in [3.05, 3.63) is 23.4 Å². The van der Waals surface area contributed by atoms with Gasteiger partial charge in [0.15, 0.2) is 5.65 Å². The topological polar surface area (TPSA) is 43.1 Å². The van der Waals surface area contributed by atoms with Gasteiger partial charge in [-0.2, -0.15) is 5.10 Å². The molecule has 2 heterocycles. The second-order valence-electron chi connectivity index (χ2n) is 2.86. The number of hydrogen-bond donors (Lipinski definition) is 0. The Bertz CT molecular complexity index is 430. The minimum Gasteiger partial charge on any atom is -0.253 e. The van der Waals surface area contributed by atoms with Gasteiger partial charge in [0, 0.05) is 0 Å². The first-order chi connectivity index (χ1) is 5.70. The maximum absolute atomic E-state index is 4.35. The van der Waals surface area contributed by atoms with E-state index in [1.165, 1.54) is 0 Å². The summed E-state index contributed by atoms with van der Waals surface area (Å²) in [4.78, 5) is 8.46. The van der Waals surface area contributed by atoms with E-state index in [1.54, 1.807) is 6.33 Å². The predicted octanol–water partition coefficient (Wildman–Crippen LogP) is 1.05. The monoisotopic (exact) mass is 162 g/mol. The molecule has 62 valence electrons. The smallest absolute Gasteiger partial charge is 0.176 e. The van der Waals surface area contributed by atoms with Crippen molar-refractivity contribution in [2.45, 2.75) is 20.8 Å². The zero-order chi connectivity index (χ0) is 8.72. The van der Waals surface area contributed by atoms with Crippen LogP contribution in [0.15, 0.2) is 6.33 Å². The molecular formula is C8H10N4. The van der Waals surface area contributed by atoms with Crippen LogP contribution in [0.1, 0.15) is 17.1 Å². The van der Waals surface area contributed by atoms with Gasteiger partial charge >= 0.3 is 0 Å². The molecule has 0 aliphatic heterocycles. The first-order valence-corrected chi connectivity index (χ1v) is 3.83. The van der Waals surface area contributed by atoms with E-state index in [1.807, 2.05) is 25.3 Å². The number of aryl methyl sites for hydroxylation is 3. The molecule has 0 saturated heterocycles. The largest absolute Gasteiger partial charge is 0.253 e. The normalized spacial score (nSPS) is 10.9. The molecular weight excluding hydrogens is 152 g/mol. The molecule has 0 amide bonds. The first kappa shape index (κ1) is 7.21. The first-order valence-electron chi connectivity index (χ1n) is 3.83. The van der Waals surface area contributed by atoms with Crippen LogP contribution in [0.5, 0.6) is 0 Å². The standard InChI is InChI=1S/C8H10N4/c1-5-7(3)12-8(6(2)11-5)9-4-10-12/h4H,1-3H3. The van der Waals surface area contributed by atoms with Crippen molar-refractivity contribution in [2.24, 2.45) is 0 Å². The zero-order valence-corrected chi connectivity index (χ0v) is 7.37. The minimum absolute atomic E-state index is 0.845. The number of nitrogens with zero attached hydrogens (tertiary/aromatic N) is 4. The van der Waals surface area contributed by atoms with Gasteiger partial charge < -0.3 is 0 Å². The Morgan fingerprint density at radius 1 is 1.17 bits per heavy atom. The number of hydrogen-bond acceptors (Lipinski definition) is 3. The Labute approximate surface area is 70.3 Å². The van der Waals surface area contributed by atoms with Gasteiger partial charge in [0.05, 0.1) is 17.1 Å². The summed E-state index contributed by atoms with van der Waals surface area (Å²) < 4.78 is 1.82. The van der Waals surface area contributed by atoms with Gasteiger partial charge in [-0.05, 0) is 20.8 Å². The summed E-state index contributed by atoms with van der Waals surface area (Å²) in [5.41, 5.74) is 3.83. The summed E-state index contributed by atoms with van der Waals surface area (Å²) >= 11 is 0. The SMILES string of the molecule is Cc1nc(C)c2ncnn2c1C. The average molecular weight is 162 g/mol. The second-order valence-corrected chi connectivity index (χ2v) is 2.86. The third-order valence-electron chi connectivity index (χ3n) is 2.05. The highest BCUT2D eigenvalue weighted by Gasteiger charge is 2.05. The molecule has 0 saturated carbocycles. The van der Waals surface area contributed by atoms with Gasteiger partial charge in [0.1, 0.15) is 6.33 Å². The lowest BCUT2D eigenvalue weighted by molar-refractivity contribution is 0.866. The van der Waals surface area contributed by atoms with Crippen molar-refractivity contribution in [3.63, 3.8) is 0 Å². The fourth-order valence-electron chi connectivity index (χ4n) is 1.27. The van der Waals surface area contributed by atoms with Gasteiger partial charge in [0.25, 0.3) is 0 Å². The van der Waals surface area contributed by atoms with Crippen molar-refractivity contribution in [3.8, 4) is 0 Å². The Balaban J connectivity index is 2.97. The van der Waals surface area contributed by atoms with Gasteiger partial charge in [-0.3, -0.25) is 4.98 Å². The summed E-state index contributed by atoms with van der Waals surface area (Å²) in [6, 6.07) is 0.